The topological polar surface area (TPSA) is 47.7 Å². The van der Waals surface area contributed by atoms with Gasteiger partial charge in [0.1, 0.15) is 13.2 Å². The quantitative estimate of drug-likeness (QED) is 0.906. The Morgan fingerprint density at radius 1 is 1.29 bits per heavy atom. The predicted octanol–water partition coefficient (Wildman–Crippen LogP) is 2.92. The number of nitrogens with zero attached hydrogens (tertiary/aromatic N) is 1. The van der Waals surface area contributed by atoms with Gasteiger partial charge in [0.25, 0.3) is 0 Å². The van der Waals surface area contributed by atoms with Crippen molar-refractivity contribution in [3.8, 4) is 11.5 Å². The van der Waals surface area contributed by atoms with E-state index >= 15 is 0 Å². The number of halogens is 1. The lowest BCUT2D eigenvalue weighted by atomic mass is 9.96. The minimum atomic E-state index is 0.210. The summed E-state index contributed by atoms with van der Waals surface area (Å²) < 4.78 is 12.4. The summed E-state index contributed by atoms with van der Waals surface area (Å²) >= 11 is 3.67. The molecule has 5 heteroatoms. The second-order valence-corrected chi connectivity index (χ2v) is 6.83. The van der Waals surface area contributed by atoms with Crippen molar-refractivity contribution >= 4 is 15.9 Å². The average molecular weight is 355 g/mol. The van der Waals surface area contributed by atoms with Gasteiger partial charge in [-0.15, -0.1) is 0 Å². The number of nitrogens with two attached hydrogens (primary N) is 1. The lowest BCUT2D eigenvalue weighted by molar-refractivity contribution is 0.122. The average Bonchev–Trinajstić information content (AvgIpc) is 2.48. The predicted molar refractivity (Wildman–Crippen MR) is 86.8 cm³/mol. The normalized spacial score (nSPS) is 23.9. The number of piperidine rings is 1. The minimum absolute atomic E-state index is 0.210. The molecule has 3 rings (SSSR count). The Bertz CT molecular complexity index is 507. The maximum absolute atomic E-state index is 6.16. The highest BCUT2D eigenvalue weighted by Crippen LogP contribution is 2.36. The number of rotatable bonds is 3. The molecule has 0 amide bonds. The number of ether oxygens (including phenoxy) is 2. The molecule has 0 aliphatic carbocycles. The van der Waals surface area contributed by atoms with Gasteiger partial charge >= 0.3 is 0 Å². The molecule has 0 bridgehead atoms. The Labute approximate surface area is 134 Å². The molecule has 1 fully saturated rings. The van der Waals surface area contributed by atoms with Gasteiger partial charge in [-0.05, 0) is 44.0 Å². The molecule has 1 saturated heterocycles. The van der Waals surface area contributed by atoms with Gasteiger partial charge in [-0.2, -0.15) is 0 Å². The van der Waals surface area contributed by atoms with E-state index in [-0.39, 0.29) is 6.04 Å². The van der Waals surface area contributed by atoms with Gasteiger partial charge in [0, 0.05) is 23.1 Å². The van der Waals surface area contributed by atoms with Crippen molar-refractivity contribution in [3.05, 3.63) is 22.2 Å². The smallest absolute Gasteiger partial charge is 0.162 e. The van der Waals surface area contributed by atoms with Crippen LogP contribution >= 0.6 is 15.9 Å². The van der Waals surface area contributed by atoms with E-state index in [1.807, 2.05) is 6.07 Å². The van der Waals surface area contributed by atoms with Crippen LogP contribution in [0.1, 0.15) is 31.7 Å². The highest BCUT2D eigenvalue weighted by Gasteiger charge is 2.26. The summed E-state index contributed by atoms with van der Waals surface area (Å²) in [5.74, 6) is 1.69. The van der Waals surface area contributed by atoms with E-state index in [4.69, 9.17) is 15.2 Å². The number of benzene rings is 1. The molecule has 0 spiro atoms. The van der Waals surface area contributed by atoms with Crippen molar-refractivity contribution < 1.29 is 9.47 Å². The number of hydrogen-bond acceptors (Lipinski definition) is 4. The molecular weight excluding hydrogens is 332 g/mol. The van der Waals surface area contributed by atoms with E-state index in [9.17, 15) is 0 Å². The van der Waals surface area contributed by atoms with Crippen LogP contribution in [-0.2, 0) is 6.54 Å². The Morgan fingerprint density at radius 3 is 2.71 bits per heavy atom. The molecule has 0 saturated carbocycles. The molecular formula is C16H23BrN2O2. The van der Waals surface area contributed by atoms with Crippen molar-refractivity contribution in [1.29, 1.82) is 0 Å². The van der Waals surface area contributed by atoms with E-state index in [0.29, 0.717) is 19.3 Å². The van der Waals surface area contributed by atoms with Crippen LogP contribution < -0.4 is 15.2 Å². The maximum atomic E-state index is 6.16. The lowest BCUT2D eigenvalue weighted by Gasteiger charge is -2.38. The molecule has 2 aliphatic rings. The lowest BCUT2D eigenvalue weighted by Crippen LogP contribution is -2.48. The summed E-state index contributed by atoms with van der Waals surface area (Å²) in [6, 6.07) is 4.81. The molecule has 2 aliphatic heterocycles. The van der Waals surface area contributed by atoms with Crippen LogP contribution in [0.4, 0.5) is 0 Å². The number of fused-ring (bicyclic) bond motifs is 1. The zero-order valence-corrected chi connectivity index (χ0v) is 14.1. The van der Waals surface area contributed by atoms with Crippen LogP contribution in [0.5, 0.6) is 11.5 Å². The number of hydrogen-bond donors (Lipinski definition) is 1. The zero-order chi connectivity index (χ0) is 14.8. The molecule has 2 heterocycles. The summed E-state index contributed by atoms with van der Waals surface area (Å²) in [5, 5.41) is 0. The molecule has 0 radical (unpaired) electrons. The molecule has 1 aromatic rings. The van der Waals surface area contributed by atoms with Gasteiger partial charge in [0.2, 0.25) is 0 Å². The third-order valence-corrected chi connectivity index (χ3v) is 5.09. The third kappa shape index (κ3) is 3.35. The molecule has 1 aromatic carbocycles. The van der Waals surface area contributed by atoms with Crippen molar-refractivity contribution in [2.24, 2.45) is 5.73 Å². The van der Waals surface area contributed by atoms with E-state index in [1.54, 1.807) is 0 Å². The van der Waals surface area contributed by atoms with E-state index < -0.39 is 0 Å². The monoisotopic (exact) mass is 354 g/mol. The van der Waals surface area contributed by atoms with E-state index in [2.05, 4.69) is 33.8 Å². The Morgan fingerprint density at radius 2 is 2.00 bits per heavy atom. The second kappa shape index (κ2) is 6.55. The molecule has 4 nitrogen and oxygen atoms in total. The summed E-state index contributed by atoms with van der Waals surface area (Å²) in [5.41, 5.74) is 7.40. The largest absolute Gasteiger partial charge is 0.486 e. The fourth-order valence-corrected chi connectivity index (χ4v) is 3.70. The molecule has 2 unspecified atom stereocenters. The molecule has 116 valence electrons. The van der Waals surface area contributed by atoms with Crippen LogP contribution in [-0.4, -0.2) is 36.7 Å². The first kappa shape index (κ1) is 15.1. The molecule has 2 N–H and O–H groups in total. The van der Waals surface area contributed by atoms with Gasteiger partial charge < -0.3 is 15.2 Å². The summed E-state index contributed by atoms with van der Waals surface area (Å²) in [7, 11) is 0. The molecule has 21 heavy (non-hydrogen) atoms. The van der Waals surface area contributed by atoms with Crippen molar-refractivity contribution in [3.63, 3.8) is 0 Å². The fourth-order valence-electron chi connectivity index (χ4n) is 3.25. The van der Waals surface area contributed by atoms with Gasteiger partial charge in [-0.1, -0.05) is 22.4 Å². The van der Waals surface area contributed by atoms with Crippen LogP contribution in [0.25, 0.3) is 0 Å². The van der Waals surface area contributed by atoms with Crippen molar-refractivity contribution in [2.45, 2.75) is 44.8 Å². The Balaban J connectivity index is 1.80. The van der Waals surface area contributed by atoms with Gasteiger partial charge in [-0.3, -0.25) is 4.90 Å². The first-order valence-corrected chi connectivity index (χ1v) is 8.52. The van der Waals surface area contributed by atoms with E-state index in [0.717, 1.165) is 29.1 Å². The SMILES string of the molecule is CC(N)C1CCCCN1Cc1cc2c(cc1Br)OCCO2. The minimum Gasteiger partial charge on any atom is -0.486 e. The summed E-state index contributed by atoms with van der Waals surface area (Å²) in [4.78, 5) is 2.50. The summed E-state index contributed by atoms with van der Waals surface area (Å²) in [6.07, 6.45) is 3.73. The zero-order valence-electron chi connectivity index (χ0n) is 12.5. The van der Waals surface area contributed by atoms with Crippen LogP contribution in [0, 0.1) is 0 Å². The van der Waals surface area contributed by atoms with E-state index in [1.165, 1.54) is 24.8 Å². The van der Waals surface area contributed by atoms with Crippen LogP contribution in [0.15, 0.2) is 16.6 Å². The Hall–Kier alpha value is -0.780. The highest BCUT2D eigenvalue weighted by atomic mass is 79.9. The first-order chi connectivity index (χ1) is 10.1. The first-order valence-electron chi connectivity index (χ1n) is 7.73. The van der Waals surface area contributed by atoms with Crippen LogP contribution in [0.3, 0.4) is 0 Å². The van der Waals surface area contributed by atoms with Crippen LogP contribution in [0.2, 0.25) is 0 Å². The standard InChI is InChI=1S/C16H23BrN2O2/c1-11(18)14-4-2-3-5-19(14)10-12-8-15-16(9-13(12)17)21-7-6-20-15/h8-9,11,14H,2-7,10,18H2,1H3. The van der Waals surface area contributed by atoms with Gasteiger partial charge in [0.05, 0.1) is 0 Å². The van der Waals surface area contributed by atoms with Gasteiger partial charge in [-0.25, -0.2) is 0 Å². The number of likely N-dealkylation sites (tertiary alicyclic amines) is 1. The molecule has 2 atom stereocenters. The molecule has 0 aromatic heterocycles. The summed E-state index contributed by atoms with van der Waals surface area (Å²) in [6.45, 7) is 5.39. The fraction of sp³-hybridized carbons (Fsp3) is 0.625. The van der Waals surface area contributed by atoms with Crippen molar-refractivity contribution in [1.82, 2.24) is 4.90 Å². The third-order valence-electron chi connectivity index (χ3n) is 4.36. The highest BCUT2D eigenvalue weighted by molar-refractivity contribution is 9.10. The second-order valence-electron chi connectivity index (χ2n) is 5.98. The van der Waals surface area contributed by atoms with Crippen molar-refractivity contribution in [2.75, 3.05) is 19.8 Å². The maximum Gasteiger partial charge on any atom is 0.162 e. The van der Waals surface area contributed by atoms with Gasteiger partial charge in [0.15, 0.2) is 11.5 Å². The Kier molecular flexibility index (Phi) is 4.72.